The average Bonchev–Trinajstić information content (AvgIpc) is 2.35. The molecule has 3 heteroatoms. The van der Waals surface area contributed by atoms with E-state index < -0.39 is 5.97 Å². The van der Waals surface area contributed by atoms with Crippen LogP contribution in [0.5, 0.6) is 0 Å². The summed E-state index contributed by atoms with van der Waals surface area (Å²) in [5.41, 5.74) is 0. The van der Waals surface area contributed by atoms with Crippen molar-refractivity contribution in [3.05, 3.63) is 0 Å². The molecule has 1 N–H and O–H groups in total. The lowest BCUT2D eigenvalue weighted by molar-refractivity contribution is -0.138. The SMILES string of the molecule is CCCCCCCCN1CCCCC1CC(=O)O. The van der Waals surface area contributed by atoms with Crippen molar-refractivity contribution in [2.24, 2.45) is 0 Å². The Balaban J connectivity index is 2.15. The summed E-state index contributed by atoms with van der Waals surface area (Å²) in [6, 6.07) is 0.298. The highest BCUT2D eigenvalue weighted by Crippen LogP contribution is 2.20. The van der Waals surface area contributed by atoms with Crippen molar-refractivity contribution in [3.63, 3.8) is 0 Å². The molecular weight excluding hydrogens is 226 g/mol. The van der Waals surface area contributed by atoms with Crippen molar-refractivity contribution in [1.82, 2.24) is 4.90 Å². The molecule has 1 atom stereocenters. The molecule has 1 heterocycles. The topological polar surface area (TPSA) is 40.5 Å². The third-order valence-electron chi connectivity index (χ3n) is 3.96. The van der Waals surface area contributed by atoms with Crippen LogP contribution >= 0.6 is 0 Å². The van der Waals surface area contributed by atoms with Crippen molar-refractivity contribution >= 4 is 5.97 Å². The first-order valence-corrected chi connectivity index (χ1v) is 7.70. The molecule has 0 amide bonds. The Labute approximate surface area is 112 Å². The molecule has 0 aliphatic carbocycles. The van der Waals surface area contributed by atoms with E-state index in [1.54, 1.807) is 0 Å². The lowest BCUT2D eigenvalue weighted by Gasteiger charge is -2.34. The van der Waals surface area contributed by atoms with Crippen LogP contribution in [0.25, 0.3) is 0 Å². The van der Waals surface area contributed by atoms with Gasteiger partial charge >= 0.3 is 5.97 Å². The Bertz CT molecular complexity index is 231. The van der Waals surface area contributed by atoms with Gasteiger partial charge < -0.3 is 5.11 Å². The van der Waals surface area contributed by atoms with Crippen molar-refractivity contribution in [2.75, 3.05) is 13.1 Å². The zero-order chi connectivity index (χ0) is 13.2. The van der Waals surface area contributed by atoms with Gasteiger partial charge in [-0.25, -0.2) is 0 Å². The van der Waals surface area contributed by atoms with Gasteiger partial charge in [0.1, 0.15) is 0 Å². The number of unbranched alkanes of at least 4 members (excludes halogenated alkanes) is 5. The van der Waals surface area contributed by atoms with Gasteiger partial charge in [0, 0.05) is 6.04 Å². The summed E-state index contributed by atoms with van der Waals surface area (Å²) >= 11 is 0. The summed E-state index contributed by atoms with van der Waals surface area (Å²) in [6.45, 7) is 4.45. The number of likely N-dealkylation sites (tertiary alicyclic amines) is 1. The van der Waals surface area contributed by atoms with Gasteiger partial charge in [-0.05, 0) is 32.4 Å². The van der Waals surface area contributed by atoms with E-state index in [0.717, 1.165) is 19.5 Å². The third kappa shape index (κ3) is 6.39. The molecule has 1 rings (SSSR count). The normalized spacial score (nSPS) is 21.1. The van der Waals surface area contributed by atoms with Crippen LogP contribution < -0.4 is 0 Å². The summed E-state index contributed by atoms with van der Waals surface area (Å²) in [7, 11) is 0. The number of piperidine rings is 1. The molecule has 0 radical (unpaired) electrons. The highest BCUT2D eigenvalue weighted by atomic mass is 16.4. The minimum absolute atomic E-state index is 0.298. The van der Waals surface area contributed by atoms with E-state index in [-0.39, 0.29) is 0 Å². The van der Waals surface area contributed by atoms with E-state index in [0.29, 0.717) is 12.5 Å². The summed E-state index contributed by atoms with van der Waals surface area (Å²) in [5.74, 6) is -0.644. The summed E-state index contributed by atoms with van der Waals surface area (Å²) in [4.78, 5) is 13.2. The second-order valence-corrected chi connectivity index (χ2v) is 5.55. The van der Waals surface area contributed by atoms with E-state index in [9.17, 15) is 4.79 Å². The molecule has 1 aliphatic heterocycles. The number of carboxylic acid groups (broad SMARTS) is 1. The van der Waals surface area contributed by atoms with Crippen LogP contribution in [0.1, 0.15) is 71.1 Å². The molecule has 18 heavy (non-hydrogen) atoms. The number of nitrogens with zero attached hydrogens (tertiary/aromatic N) is 1. The molecule has 3 nitrogen and oxygen atoms in total. The predicted molar refractivity (Wildman–Crippen MR) is 74.8 cm³/mol. The molecule has 106 valence electrons. The van der Waals surface area contributed by atoms with E-state index in [1.165, 1.54) is 51.4 Å². The molecule has 0 saturated carbocycles. The van der Waals surface area contributed by atoms with E-state index >= 15 is 0 Å². The van der Waals surface area contributed by atoms with Crippen LogP contribution in [0, 0.1) is 0 Å². The molecule has 1 unspecified atom stereocenters. The van der Waals surface area contributed by atoms with Gasteiger partial charge in [-0.1, -0.05) is 45.4 Å². The smallest absolute Gasteiger partial charge is 0.304 e. The second kappa shape index (κ2) is 9.37. The second-order valence-electron chi connectivity index (χ2n) is 5.55. The largest absolute Gasteiger partial charge is 0.481 e. The van der Waals surface area contributed by atoms with Gasteiger partial charge in [0.05, 0.1) is 6.42 Å². The van der Waals surface area contributed by atoms with E-state index in [4.69, 9.17) is 5.11 Å². The van der Waals surface area contributed by atoms with E-state index in [2.05, 4.69) is 11.8 Å². The van der Waals surface area contributed by atoms with Gasteiger partial charge in [0.25, 0.3) is 0 Å². The Kier molecular flexibility index (Phi) is 8.06. The van der Waals surface area contributed by atoms with E-state index in [1.807, 2.05) is 0 Å². The Morgan fingerprint density at radius 3 is 2.61 bits per heavy atom. The molecule has 0 bridgehead atoms. The number of rotatable bonds is 9. The van der Waals surface area contributed by atoms with Crippen LogP contribution in [-0.4, -0.2) is 35.1 Å². The van der Waals surface area contributed by atoms with Gasteiger partial charge in [0.2, 0.25) is 0 Å². The predicted octanol–water partition coefficient (Wildman–Crippen LogP) is 3.68. The zero-order valence-electron chi connectivity index (χ0n) is 11.9. The zero-order valence-corrected chi connectivity index (χ0v) is 11.9. The van der Waals surface area contributed by atoms with Gasteiger partial charge in [-0.15, -0.1) is 0 Å². The summed E-state index contributed by atoms with van der Waals surface area (Å²) in [5, 5.41) is 8.93. The number of aliphatic carboxylic acids is 1. The third-order valence-corrected chi connectivity index (χ3v) is 3.96. The maximum absolute atomic E-state index is 10.8. The fourth-order valence-corrected chi connectivity index (χ4v) is 2.88. The molecule has 0 aromatic heterocycles. The maximum Gasteiger partial charge on any atom is 0.304 e. The minimum atomic E-state index is -0.644. The van der Waals surface area contributed by atoms with Crippen LogP contribution in [0.2, 0.25) is 0 Å². The summed E-state index contributed by atoms with van der Waals surface area (Å²) < 4.78 is 0. The Morgan fingerprint density at radius 2 is 1.89 bits per heavy atom. The molecule has 0 aromatic carbocycles. The molecule has 1 fully saturated rings. The lowest BCUT2D eigenvalue weighted by atomic mass is 9.99. The van der Waals surface area contributed by atoms with Crippen molar-refractivity contribution in [1.29, 1.82) is 0 Å². The first kappa shape index (κ1) is 15.5. The highest BCUT2D eigenvalue weighted by Gasteiger charge is 2.23. The summed E-state index contributed by atoms with van der Waals surface area (Å²) in [6.07, 6.45) is 11.7. The number of carboxylic acids is 1. The van der Waals surface area contributed by atoms with Crippen molar-refractivity contribution < 1.29 is 9.90 Å². The highest BCUT2D eigenvalue weighted by molar-refractivity contribution is 5.67. The van der Waals surface area contributed by atoms with Crippen molar-refractivity contribution in [2.45, 2.75) is 77.2 Å². The Morgan fingerprint density at radius 1 is 1.17 bits per heavy atom. The van der Waals surface area contributed by atoms with Gasteiger partial charge in [-0.2, -0.15) is 0 Å². The fourth-order valence-electron chi connectivity index (χ4n) is 2.88. The van der Waals surface area contributed by atoms with Gasteiger partial charge in [0.15, 0.2) is 0 Å². The van der Waals surface area contributed by atoms with Crippen molar-refractivity contribution in [3.8, 4) is 0 Å². The number of hydrogen-bond acceptors (Lipinski definition) is 2. The average molecular weight is 255 g/mol. The van der Waals surface area contributed by atoms with Gasteiger partial charge in [-0.3, -0.25) is 9.69 Å². The van der Waals surface area contributed by atoms with Crippen LogP contribution in [0.3, 0.4) is 0 Å². The first-order valence-electron chi connectivity index (χ1n) is 7.70. The van der Waals surface area contributed by atoms with Crippen LogP contribution in [0.15, 0.2) is 0 Å². The number of carbonyl (C=O) groups is 1. The lowest BCUT2D eigenvalue weighted by Crippen LogP contribution is -2.41. The minimum Gasteiger partial charge on any atom is -0.481 e. The molecule has 0 spiro atoms. The molecular formula is C15H29NO2. The number of hydrogen-bond donors (Lipinski definition) is 1. The molecule has 1 saturated heterocycles. The molecule has 1 aliphatic rings. The standard InChI is InChI=1S/C15H29NO2/c1-2-3-4-5-6-8-11-16-12-9-7-10-14(16)13-15(17)18/h14H,2-13H2,1H3,(H,17,18). The first-order chi connectivity index (χ1) is 8.74. The Hall–Kier alpha value is -0.570. The quantitative estimate of drug-likeness (QED) is 0.639. The maximum atomic E-state index is 10.8. The van der Waals surface area contributed by atoms with Crippen LogP contribution in [-0.2, 0) is 4.79 Å². The van der Waals surface area contributed by atoms with Crippen LogP contribution in [0.4, 0.5) is 0 Å². The monoisotopic (exact) mass is 255 g/mol. The fraction of sp³-hybridized carbons (Fsp3) is 0.933. The molecule has 0 aromatic rings.